The van der Waals surface area contributed by atoms with Crippen molar-refractivity contribution in [1.29, 1.82) is 0 Å². The summed E-state index contributed by atoms with van der Waals surface area (Å²) in [7, 11) is 3.78. The molecule has 1 aromatic carbocycles. The minimum Gasteiger partial charge on any atom is -0.366 e. The van der Waals surface area contributed by atoms with Gasteiger partial charge in [-0.05, 0) is 31.2 Å². The van der Waals surface area contributed by atoms with Crippen molar-refractivity contribution in [3.05, 3.63) is 53.3 Å². The molecule has 27 heavy (non-hydrogen) atoms. The van der Waals surface area contributed by atoms with Crippen LogP contribution in [0, 0.1) is 12.8 Å². The average Bonchev–Trinajstić information content (AvgIpc) is 3.53. The summed E-state index contributed by atoms with van der Waals surface area (Å²) in [4.78, 5) is 25.8. The van der Waals surface area contributed by atoms with Gasteiger partial charge in [0.05, 0.1) is 23.9 Å². The van der Waals surface area contributed by atoms with Crippen molar-refractivity contribution in [3.63, 3.8) is 0 Å². The van der Waals surface area contributed by atoms with Crippen LogP contribution in [0.3, 0.4) is 0 Å². The molecule has 6 nitrogen and oxygen atoms in total. The van der Waals surface area contributed by atoms with Crippen LogP contribution in [0.5, 0.6) is 0 Å². The number of amides is 1. The van der Waals surface area contributed by atoms with Crippen LogP contribution < -0.4 is 4.90 Å². The zero-order chi connectivity index (χ0) is 19.0. The molecule has 1 aromatic heterocycles. The highest BCUT2D eigenvalue weighted by Crippen LogP contribution is 2.39. The molecule has 1 aliphatic carbocycles. The summed E-state index contributed by atoms with van der Waals surface area (Å²) < 4.78 is 6.36. The number of benzene rings is 1. The molecule has 2 aliphatic rings. The number of hydrogen-bond acceptors (Lipinski definition) is 5. The fraction of sp³-hybridized carbons (Fsp3) is 0.476. The van der Waals surface area contributed by atoms with Gasteiger partial charge in [0.25, 0.3) is 5.91 Å². The Morgan fingerprint density at radius 2 is 1.93 bits per heavy atom. The van der Waals surface area contributed by atoms with E-state index in [1.165, 1.54) is 12.8 Å². The number of aryl methyl sites for hydroxylation is 1. The van der Waals surface area contributed by atoms with E-state index in [4.69, 9.17) is 4.74 Å². The monoisotopic (exact) mass is 366 g/mol. The van der Waals surface area contributed by atoms with Crippen molar-refractivity contribution in [1.82, 2.24) is 14.9 Å². The van der Waals surface area contributed by atoms with Crippen LogP contribution in [0.1, 0.15) is 40.6 Å². The van der Waals surface area contributed by atoms with Crippen LogP contribution in [-0.4, -0.2) is 54.1 Å². The lowest BCUT2D eigenvalue weighted by Crippen LogP contribution is -2.48. The highest BCUT2D eigenvalue weighted by atomic mass is 16.5. The number of morpholine rings is 1. The van der Waals surface area contributed by atoms with Crippen molar-refractivity contribution in [2.45, 2.75) is 32.0 Å². The molecule has 2 aromatic rings. The molecule has 0 N–H and O–H groups in total. The number of carbonyl (C=O) groups is 1. The lowest BCUT2D eigenvalue weighted by Gasteiger charge is -2.38. The number of aromatic nitrogens is 2. The van der Waals surface area contributed by atoms with Gasteiger partial charge in [0, 0.05) is 26.8 Å². The van der Waals surface area contributed by atoms with Gasteiger partial charge in [-0.15, -0.1) is 0 Å². The lowest BCUT2D eigenvalue weighted by atomic mass is 10.0. The van der Waals surface area contributed by atoms with E-state index in [2.05, 4.69) is 22.1 Å². The molecule has 4 rings (SSSR count). The van der Waals surface area contributed by atoms with Crippen molar-refractivity contribution in [2.75, 3.05) is 32.1 Å². The van der Waals surface area contributed by atoms with Crippen molar-refractivity contribution in [3.8, 4) is 0 Å². The first-order chi connectivity index (χ1) is 13.0. The topological polar surface area (TPSA) is 58.6 Å². The molecule has 0 radical (unpaired) electrons. The molecule has 6 heteroatoms. The van der Waals surface area contributed by atoms with E-state index in [0.29, 0.717) is 36.2 Å². The normalized spacial score (nSPS) is 22.6. The summed E-state index contributed by atoms with van der Waals surface area (Å²) in [5.41, 5.74) is 2.41. The summed E-state index contributed by atoms with van der Waals surface area (Å²) in [5.74, 6) is 1.18. The van der Waals surface area contributed by atoms with Gasteiger partial charge in [0.2, 0.25) is 5.95 Å². The number of nitrogens with zero attached hydrogens (tertiary/aromatic N) is 4. The van der Waals surface area contributed by atoms with Crippen LogP contribution in [-0.2, 0) is 4.74 Å². The lowest BCUT2D eigenvalue weighted by molar-refractivity contribution is -0.0864. The first-order valence-corrected chi connectivity index (χ1v) is 9.53. The minimum absolute atomic E-state index is 0.00677. The second kappa shape index (κ2) is 7.27. The van der Waals surface area contributed by atoms with E-state index >= 15 is 0 Å². The molecule has 1 amide bonds. The van der Waals surface area contributed by atoms with Gasteiger partial charge in [0.15, 0.2) is 0 Å². The van der Waals surface area contributed by atoms with E-state index in [-0.39, 0.29) is 18.1 Å². The Hall–Kier alpha value is -2.47. The Labute approximate surface area is 160 Å². The maximum absolute atomic E-state index is 13.2. The third-order valence-electron chi connectivity index (χ3n) is 5.33. The molecule has 1 saturated carbocycles. The third-order valence-corrected chi connectivity index (χ3v) is 5.33. The largest absolute Gasteiger partial charge is 0.366 e. The second-order valence-electron chi connectivity index (χ2n) is 7.68. The summed E-state index contributed by atoms with van der Waals surface area (Å²) in [6.07, 6.45) is 4.05. The fourth-order valence-corrected chi connectivity index (χ4v) is 3.59. The molecule has 142 valence electrons. The van der Waals surface area contributed by atoms with Crippen molar-refractivity contribution >= 4 is 11.9 Å². The summed E-state index contributed by atoms with van der Waals surface area (Å²) in [6.45, 7) is 3.07. The maximum atomic E-state index is 13.2. The first kappa shape index (κ1) is 17.9. The number of carbonyl (C=O) groups excluding carboxylic acids is 1. The third kappa shape index (κ3) is 3.81. The Morgan fingerprint density at radius 3 is 2.56 bits per heavy atom. The molecule has 2 atom stereocenters. The first-order valence-electron chi connectivity index (χ1n) is 9.53. The Balaban J connectivity index is 1.58. The molecule has 2 fully saturated rings. The summed E-state index contributed by atoms with van der Waals surface area (Å²) in [5, 5.41) is 0. The number of rotatable bonds is 4. The number of ether oxygens (including phenoxy) is 1. The molecular weight excluding hydrogens is 340 g/mol. The predicted octanol–water partition coefficient (Wildman–Crippen LogP) is 2.84. The van der Waals surface area contributed by atoms with E-state index in [9.17, 15) is 4.79 Å². The molecule has 2 heterocycles. The Bertz CT molecular complexity index is 820. The summed E-state index contributed by atoms with van der Waals surface area (Å²) >= 11 is 0. The van der Waals surface area contributed by atoms with Crippen LogP contribution >= 0.6 is 0 Å². The Morgan fingerprint density at radius 1 is 1.19 bits per heavy atom. The van der Waals surface area contributed by atoms with Crippen LogP contribution in [0.4, 0.5) is 5.95 Å². The van der Waals surface area contributed by atoms with Gasteiger partial charge >= 0.3 is 0 Å². The Kier molecular flexibility index (Phi) is 4.83. The number of hydrogen-bond donors (Lipinski definition) is 0. The van der Waals surface area contributed by atoms with Crippen LogP contribution in [0.2, 0.25) is 0 Å². The van der Waals surface area contributed by atoms with Gasteiger partial charge in [-0.1, -0.05) is 30.3 Å². The van der Waals surface area contributed by atoms with Gasteiger partial charge < -0.3 is 14.5 Å². The fourth-order valence-electron chi connectivity index (χ4n) is 3.59. The quantitative estimate of drug-likeness (QED) is 0.833. The zero-order valence-electron chi connectivity index (χ0n) is 16.1. The standard InChI is InChI=1S/C21H26N4O2/c1-14-17(11-22-21(23-14)24(2)3)20(26)25-12-18(15-7-5-4-6-8-15)27-19(13-25)16-9-10-16/h4-8,11,16,18-19H,9-10,12-13H2,1-3H3/t18-,19+/m0/s1. The zero-order valence-corrected chi connectivity index (χ0v) is 16.1. The van der Waals surface area contributed by atoms with Crippen molar-refractivity contribution < 1.29 is 9.53 Å². The maximum Gasteiger partial charge on any atom is 0.257 e. The molecule has 0 spiro atoms. The van der Waals surface area contributed by atoms with Crippen LogP contribution in [0.15, 0.2) is 36.5 Å². The van der Waals surface area contributed by atoms with E-state index in [0.717, 1.165) is 5.56 Å². The molecule has 1 saturated heterocycles. The molecule has 0 bridgehead atoms. The van der Waals surface area contributed by atoms with E-state index < -0.39 is 0 Å². The van der Waals surface area contributed by atoms with Gasteiger partial charge in [0.1, 0.15) is 6.10 Å². The predicted molar refractivity (Wildman–Crippen MR) is 104 cm³/mol. The SMILES string of the molecule is Cc1nc(N(C)C)ncc1C(=O)N1C[C@@H](c2ccccc2)O[C@@H](C2CC2)C1. The highest BCUT2D eigenvalue weighted by molar-refractivity contribution is 5.95. The van der Waals surface area contributed by atoms with E-state index in [1.807, 2.05) is 49.0 Å². The average molecular weight is 366 g/mol. The van der Waals surface area contributed by atoms with Gasteiger partial charge in [-0.25, -0.2) is 9.97 Å². The second-order valence-corrected chi connectivity index (χ2v) is 7.68. The van der Waals surface area contributed by atoms with Gasteiger partial charge in [-0.3, -0.25) is 4.79 Å². The number of anilines is 1. The molecule has 1 aliphatic heterocycles. The smallest absolute Gasteiger partial charge is 0.257 e. The molecule has 0 unspecified atom stereocenters. The van der Waals surface area contributed by atoms with Crippen molar-refractivity contribution in [2.24, 2.45) is 5.92 Å². The highest BCUT2D eigenvalue weighted by Gasteiger charge is 2.40. The molecular formula is C21H26N4O2. The summed E-state index contributed by atoms with van der Waals surface area (Å²) in [6, 6.07) is 10.2. The van der Waals surface area contributed by atoms with E-state index in [1.54, 1.807) is 6.20 Å². The van der Waals surface area contributed by atoms with Crippen LogP contribution in [0.25, 0.3) is 0 Å². The minimum atomic E-state index is -0.0863. The van der Waals surface area contributed by atoms with Gasteiger partial charge in [-0.2, -0.15) is 0 Å².